The Balaban J connectivity index is 1.78. The summed E-state index contributed by atoms with van der Waals surface area (Å²) in [6.07, 6.45) is 0. The lowest BCUT2D eigenvalue weighted by molar-refractivity contribution is 0.0507. The molecule has 0 saturated carbocycles. The number of methoxy groups -OCH3 is 2. The monoisotopic (exact) mass is 397 g/mol. The third-order valence-corrected chi connectivity index (χ3v) is 4.47. The van der Waals surface area contributed by atoms with Crippen molar-refractivity contribution in [2.24, 2.45) is 0 Å². The maximum absolute atomic E-state index is 12.7. The van der Waals surface area contributed by atoms with Gasteiger partial charge in [0.1, 0.15) is 11.5 Å². The Hall–Kier alpha value is -3.55. The molecule has 4 amide bonds. The molecule has 0 aliphatic carbocycles. The summed E-state index contributed by atoms with van der Waals surface area (Å²) in [6.45, 7) is 5.39. The second-order valence-electron chi connectivity index (χ2n) is 7.52. The van der Waals surface area contributed by atoms with Crippen molar-refractivity contribution in [2.75, 3.05) is 24.9 Å². The molecule has 0 atom stereocenters. The van der Waals surface area contributed by atoms with Crippen LogP contribution in [0.5, 0.6) is 11.5 Å². The van der Waals surface area contributed by atoms with E-state index in [1.54, 1.807) is 51.1 Å². The minimum absolute atomic E-state index is 0.268. The van der Waals surface area contributed by atoms with E-state index in [0.717, 1.165) is 0 Å². The molecule has 152 valence electrons. The van der Waals surface area contributed by atoms with Crippen molar-refractivity contribution in [3.05, 3.63) is 47.5 Å². The van der Waals surface area contributed by atoms with E-state index in [9.17, 15) is 14.4 Å². The van der Waals surface area contributed by atoms with Gasteiger partial charge in [-0.2, -0.15) is 0 Å². The van der Waals surface area contributed by atoms with Gasteiger partial charge in [-0.25, -0.2) is 4.79 Å². The van der Waals surface area contributed by atoms with Crippen molar-refractivity contribution in [1.82, 2.24) is 4.90 Å². The SMILES string of the molecule is COc1ccc(NC(=O)Nc2ccc3c(c2)C(=O)N(C(C)(C)C)C3=O)c(OC)c1. The lowest BCUT2D eigenvalue weighted by Crippen LogP contribution is -2.45. The molecule has 2 aromatic carbocycles. The summed E-state index contributed by atoms with van der Waals surface area (Å²) < 4.78 is 10.4. The van der Waals surface area contributed by atoms with Gasteiger partial charge in [-0.05, 0) is 51.1 Å². The van der Waals surface area contributed by atoms with Crippen LogP contribution in [-0.4, -0.2) is 42.5 Å². The zero-order valence-electron chi connectivity index (χ0n) is 17.0. The van der Waals surface area contributed by atoms with E-state index in [-0.39, 0.29) is 17.4 Å². The summed E-state index contributed by atoms with van der Waals surface area (Å²) >= 11 is 0. The second-order valence-corrected chi connectivity index (χ2v) is 7.52. The van der Waals surface area contributed by atoms with E-state index in [2.05, 4.69) is 10.6 Å². The number of imide groups is 1. The molecule has 0 saturated heterocycles. The van der Waals surface area contributed by atoms with Crippen LogP contribution >= 0.6 is 0 Å². The molecular formula is C21H23N3O5. The highest BCUT2D eigenvalue weighted by Gasteiger charge is 2.41. The van der Waals surface area contributed by atoms with Crippen molar-refractivity contribution in [2.45, 2.75) is 26.3 Å². The fourth-order valence-electron chi connectivity index (χ4n) is 3.11. The summed E-state index contributed by atoms with van der Waals surface area (Å²) in [7, 11) is 3.03. The minimum Gasteiger partial charge on any atom is -0.497 e. The number of urea groups is 1. The molecule has 0 unspecified atom stereocenters. The number of ether oxygens (including phenoxy) is 2. The molecule has 1 heterocycles. The van der Waals surface area contributed by atoms with E-state index in [4.69, 9.17) is 9.47 Å². The summed E-state index contributed by atoms with van der Waals surface area (Å²) in [5.74, 6) is 0.322. The van der Waals surface area contributed by atoms with Crippen LogP contribution in [0.1, 0.15) is 41.5 Å². The Labute approximate surface area is 168 Å². The molecule has 0 spiro atoms. The van der Waals surface area contributed by atoms with Crippen molar-refractivity contribution >= 4 is 29.2 Å². The van der Waals surface area contributed by atoms with E-state index in [1.807, 2.05) is 0 Å². The number of hydrogen-bond donors (Lipinski definition) is 2. The molecule has 0 fully saturated rings. The number of nitrogens with zero attached hydrogens (tertiary/aromatic N) is 1. The fraction of sp³-hybridized carbons (Fsp3) is 0.286. The molecule has 0 aromatic heterocycles. The number of carbonyl (C=O) groups is 3. The zero-order valence-corrected chi connectivity index (χ0v) is 17.0. The number of carbonyl (C=O) groups excluding carboxylic acids is 3. The second kappa shape index (κ2) is 7.46. The molecule has 2 N–H and O–H groups in total. The number of rotatable bonds is 4. The quantitative estimate of drug-likeness (QED) is 0.766. The van der Waals surface area contributed by atoms with Gasteiger partial charge in [0, 0.05) is 17.3 Å². The van der Waals surface area contributed by atoms with E-state index >= 15 is 0 Å². The number of fused-ring (bicyclic) bond motifs is 1. The van der Waals surface area contributed by atoms with Gasteiger partial charge in [0.05, 0.1) is 31.0 Å². The fourth-order valence-corrected chi connectivity index (χ4v) is 3.11. The lowest BCUT2D eigenvalue weighted by atomic mass is 10.1. The van der Waals surface area contributed by atoms with Crippen molar-refractivity contribution < 1.29 is 23.9 Å². The zero-order chi connectivity index (χ0) is 21.3. The summed E-state index contributed by atoms with van der Waals surface area (Å²) in [5.41, 5.74) is 0.809. The summed E-state index contributed by atoms with van der Waals surface area (Å²) in [4.78, 5) is 38.8. The third kappa shape index (κ3) is 3.87. The van der Waals surface area contributed by atoms with Crippen molar-refractivity contribution in [3.63, 3.8) is 0 Å². The molecule has 0 bridgehead atoms. The van der Waals surface area contributed by atoms with Crippen molar-refractivity contribution in [3.8, 4) is 11.5 Å². The molecule has 8 heteroatoms. The van der Waals surface area contributed by atoms with E-state index < -0.39 is 11.6 Å². The smallest absolute Gasteiger partial charge is 0.323 e. The Kier molecular flexibility index (Phi) is 5.19. The molecule has 1 aliphatic rings. The lowest BCUT2D eigenvalue weighted by Gasteiger charge is -2.29. The minimum atomic E-state index is -0.636. The van der Waals surface area contributed by atoms with Crippen molar-refractivity contribution in [1.29, 1.82) is 0 Å². The molecule has 29 heavy (non-hydrogen) atoms. The van der Waals surface area contributed by atoms with Gasteiger partial charge < -0.3 is 20.1 Å². The highest BCUT2D eigenvalue weighted by Crippen LogP contribution is 2.32. The van der Waals surface area contributed by atoms with Crippen LogP contribution in [0.25, 0.3) is 0 Å². The van der Waals surface area contributed by atoms with Gasteiger partial charge >= 0.3 is 6.03 Å². The highest BCUT2D eigenvalue weighted by atomic mass is 16.5. The van der Waals surface area contributed by atoms with Gasteiger partial charge in [-0.1, -0.05) is 0 Å². The number of hydrogen-bond acceptors (Lipinski definition) is 5. The first-order chi connectivity index (χ1) is 13.7. The molecule has 2 aromatic rings. The largest absolute Gasteiger partial charge is 0.497 e. The Bertz CT molecular complexity index is 994. The predicted molar refractivity (Wildman–Crippen MR) is 109 cm³/mol. The predicted octanol–water partition coefficient (Wildman–Crippen LogP) is 3.74. The van der Waals surface area contributed by atoms with Crippen LogP contribution in [0, 0.1) is 0 Å². The maximum atomic E-state index is 12.7. The first kappa shape index (κ1) is 20.2. The molecular weight excluding hydrogens is 374 g/mol. The van der Waals surface area contributed by atoms with Crippen LogP contribution in [-0.2, 0) is 0 Å². The molecule has 0 radical (unpaired) electrons. The number of amides is 4. The summed E-state index contributed by atoms with van der Waals surface area (Å²) in [6, 6.07) is 9.12. The molecule has 3 rings (SSSR count). The summed E-state index contributed by atoms with van der Waals surface area (Å²) in [5, 5.41) is 5.36. The number of benzene rings is 2. The van der Waals surface area contributed by atoms with Gasteiger partial charge in [-0.15, -0.1) is 0 Å². The van der Waals surface area contributed by atoms with Gasteiger partial charge in [-0.3, -0.25) is 14.5 Å². The normalized spacial score (nSPS) is 13.2. The Morgan fingerprint density at radius 3 is 2.21 bits per heavy atom. The number of anilines is 2. The molecule has 8 nitrogen and oxygen atoms in total. The van der Waals surface area contributed by atoms with E-state index in [1.165, 1.54) is 25.2 Å². The number of nitrogens with one attached hydrogen (secondary N) is 2. The Morgan fingerprint density at radius 2 is 1.59 bits per heavy atom. The van der Waals surface area contributed by atoms with Crippen LogP contribution in [0.2, 0.25) is 0 Å². The van der Waals surface area contributed by atoms with Crippen LogP contribution in [0.3, 0.4) is 0 Å². The van der Waals surface area contributed by atoms with Crippen LogP contribution < -0.4 is 20.1 Å². The Morgan fingerprint density at radius 1 is 0.897 bits per heavy atom. The topological polar surface area (TPSA) is 97.0 Å². The average molecular weight is 397 g/mol. The first-order valence-electron chi connectivity index (χ1n) is 8.98. The van der Waals surface area contributed by atoms with Crippen LogP contribution in [0.15, 0.2) is 36.4 Å². The van der Waals surface area contributed by atoms with Crippen LogP contribution in [0.4, 0.5) is 16.2 Å². The van der Waals surface area contributed by atoms with Gasteiger partial charge in [0.2, 0.25) is 0 Å². The maximum Gasteiger partial charge on any atom is 0.323 e. The van der Waals surface area contributed by atoms with Gasteiger partial charge in [0.15, 0.2) is 0 Å². The first-order valence-corrected chi connectivity index (χ1v) is 8.98. The van der Waals surface area contributed by atoms with Gasteiger partial charge in [0.25, 0.3) is 11.8 Å². The average Bonchev–Trinajstić information content (AvgIpc) is 2.92. The standard InChI is InChI=1S/C21H23N3O5/c1-21(2,3)24-18(25)14-8-6-12(10-15(14)19(24)26)22-20(27)23-16-9-7-13(28-4)11-17(16)29-5/h6-11H,1-5H3,(H2,22,23,27). The van der Waals surface area contributed by atoms with E-state index in [0.29, 0.717) is 28.4 Å². The third-order valence-electron chi connectivity index (χ3n) is 4.47. The molecule has 1 aliphatic heterocycles. The highest BCUT2D eigenvalue weighted by molar-refractivity contribution is 6.22.